The van der Waals surface area contributed by atoms with Crippen LogP contribution in [0.25, 0.3) is 137 Å². The van der Waals surface area contributed by atoms with Gasteiger partial charge in [-0.1, -0.05) is 72.2 Å². The number of nitrogens with zero attached hydrogens (tertiary/aromatic N) is 6. The number of ether oxygens (including phenoxy) is 16. The van der Waals surface area contributed by atoms with Gasteiger partial charge in [0.2, 0.25) is 0 Å². The van der Waals surface area contributed by atoms with Crippen molar-refractivity contribution in [2.45, 2.75) is 0 Å². The second-order valence-corrected chi connectivity index (χ2v) is 30.9. The molecule has 4 aliphatic heterocycles. The number of H-pyrrole nitrogens is 4. The molecule has 12 aromatic rings. The van der Waals surface area contributed by atoms with Crippen molar-refractivity contribution in [3.05, 3.63) is 274 Å². The van der Waals surface area contributed by atoms with Crippen LogP contribution in [0.2, 0.25) is 0 Å². The summed E-state index contributed by atoms with van der Waals surface area (Å²) in [6.07, 6.45) is 22.9. The van der Waals surface area contributed by atoms with Crippen molar-refractivity contribution in [2.24, 2.45) is 0 Å². The molecule has 8 aromatic heterocycles. The third-order valence-electron chi connectivity index (χ3n) is 21.7. The van der Waals surface area contributed by atoms with Crippen LogP contribution in [0.4, 0.5) is 0 Å². The van der Waals surface area contributed by atoms with Crippen LogP contribution < -0.4 is 18.9 Å². The molecule has 0 saturated heterocycles. The Morgan fingerprint density at radius 3 is 0.691 bits per heavy atom. The fourth-order valence-electron chi connectivity index (χ4n) is 15.2. The molecule has 0 atom stereocenters. The molecule has 4 aromatic carbocycles. The molecule has 136 heavy (non-hydrogen) atoms. The van der Waals surface area contributed by atoms with Crippen LogP contribution >= 0.6 is 0 Å². The second-order valence-electron chi connectivity index (χ2n) is 30.9. The minimum absolute atomic E-state index is 0.293. The number of nitrogens with one attached hydrogen (secondary N) is 4. The molecule has 16 bridgehead atoms. The van der Waals surface area contributed by atoms with Crippen molar-refractivity contribution < 1.29 is 75.8 Å². The number of hydrogen-bond donors (Lipinski definition) is 4. The van der Waals surface area contributed by atoms with E-state index >= 15 is 0 Å². The number of pyridine rings is 2. The molecule has 26 nitrogen and oxygen atoms in total. The van der Waals surface area contributed by atoms with E-state index in [4.69, 9.17) is 95.7 Å². The molecule has 26 heteroatoms. The average Bonchev–Trinajstić information content (AvgIpc) is 1.62. The molecule has 0 radical (unpaired) electrons. The van der Waals surface area contributed by atoms with E-state index in [1.165, 1.54) is 0 Å². The van der Waals surface area contributed by atoms with Crippen LogP contribution in [-0.2, 0) is 56.8 Å². The summed E-state index contributed by atoms with van der Waals surface area (Å²) in [6, 6.07) is 55.6. The largest absolute Gasteiger partial charge is 0.491 e. The van der Waals surface area contributed by atoms with Gasteiger partial charge in [0.25, 0.3) is 0 Å². The van der Waals surface area contributed by atoms with Gasteiger partial charge >= 0.3 is 0 Å². The zero-order valence-corrected chi connectivity index (χ0v) is 76.3. The van der Waals surface area contributed by atoms with E-state index in [2.05, 4.69) is 77.3 Å². The number of hydrogen-bond acceptors (Lipinski definition) is 22. The fourth-order valence-corrected chi connectivity index (χ4v) is 15.2. The summed E-state index contributed by atoms with van der Waals surface area (Å²) in [6.45, 7) is 9.88. The molecule has 0 spiro atoms. The zero-order chi connectivity index (χ0) is 92.9. The van der Waals surface area contributed by atoms with Crippen molar-refractivity contribution in [3.8, 4) is 115 Å². The normalized spacial score (nSPS) is 11.6. The lowest BCUT2D eigenvalue weighted by Crippen LogP contribution is -2.12. The summed E-state index contributed by atoms with van der Waals surface area (Å²) >= 11 is 0. The summed E-state index contributed by atoms with van der Waals surface area (Å²) in [7, 11) is 6.58. The molecule has 0 fully saturated rings. The van der Waals surface area contributed by atoms with Crippen molar-refractivity contribution in [3.63, 3.8) is 0 Å². The molecule has 0 saturated carbocycles. The van der Waals surface area contributed by atoms with Crippen LogP contribution in [0.1, 0.15) is 78.9 Å². The molecule has 0 unspecified atom stereocenters. The van der Waals surface area contributed by atoms with Gasteiger partial charge in [-0.25, -0.2) is 19.9 Å². The average molecular weight is 1820 g/mol. The first kappa shape index (κ1) is 94.5. The molecular weight excluding hydrogens is 1720 g/mol. The number of aromatic nitrogens is 10. The topological polar surface area (TPSA) is 288 Å². The minimum Gasteiger partial charge on any atom is -0.491 e. The van der Waals surface area contributed by atoms with E-state index < -0.39 is 0 Å². The van der Waals surface area contributed by atoms with E-state index in [1.807, 2.05) is 218 Å². The Bertz CT molecular complexity index is 6370. The third-order valence-corrected chi connectivity index (χ3v) is 21.7. The van der Waals surface area contributed by atoms with Gasteiger partial charge in [-0.3, -0.25) is 9.97 Å². The zero-order valence-electron chi connectivity index (χ0n) is 76.3. The van der Waals surface area contributed by atoms with E-state index in [0.29, 0.717) is 260 Å². The van der Waals surface area contributed by atoms with Crippen molar-refractivity contribution in [2.75, 3.05) is 187 Å². The summed E-state index contributed by atoms with van der Waals surface area (Å²) < 4.78 is 92.4. The second kappa shape index (κ2) is 49.9. The highest BCUT2D eigenvalue weighted by molar-refractivity contribution is 5.99. The van der Waals surface area contributed by atoms with Gasteiger partial charge in [-0.05, 0) is 216 Å². The Morgan fingerprint density at radius 2 is 0.441 bits per heavy atom. The number of aromatic amines is 4. The van der Waals surface area contributed by atoms with Gasteiger partial charge in [0.1, 0.15) is 49.4 Å². The molecule has 0 amide bonds. The Kier molecular flexibility index (Phi) is 34.7. The summed E-state index contributed by atoms with van der Waals surface area (Å²) in [4.78, 5) is 46.0. The number of methoxy groups -OCH3 is 4. The summed E-state index contributed by atoms with van der Waals surface area (Å²) in [5.74, 6) is 30.3. The summed E-state index contributed by atoms with van der Waals surface area (Å²) in [5, 5.41) is 0. The Labute approximate surface area is 789 Å². The van der Waals surface area contributed by atoms with Crippen LogP contribution in [-0.4, -0.2) is 237 Å². The number of rotatable bonds is 44. The maximum absolute atomic E-state index is 6.42. The first-order chi connectivity index (χ1) is 67.3. The molecule has 16 rings (SSSR count). The van der Waals surface area contributed by atoms with Crippen molar-refractivity contribution >= 4 is 92.7 Å². The highest BCUT2D eigenvalue weighted by Crippen LogP contribution is 2.40. The van der Waals surface area contributed by atoms with Crippen LogP contribution in [0.5, 0.6) is 23.0 Å². The van der Waals surface area contributed by atoms with Gasteiger partial charge in [-0.2, -0.15) is 0 Å². The van der Waals surface area contributed by atoms with Gasteiger partial charge < -0.3 is 95.7 Å². The first-order valence-electron chi connectivity index (χ1n) is 45.0. The highest BCUT2D eigenvalue weighted by Gasteiger charge is 2.23. The van der Waals surface area contributed by atoms with Gasteiger partial charge in [0, 0.05) is 109 Å². The third kappa shape index (κ3) is 25.8. The minimum atomic E-state index is 0.293. The lowest BCUT2D eigenvalue weighted by molar-refractivity contribution is 0.0180. The van der Waals surface area contributed by atoms with Gasteiger partial charge in [0.05, 0.1) is 222 Å². The molecule has 0 aliphatic carbocycles. The fraction of sp³-hybridized carbons (Fsp3) is 0.255. The molecule has 4 aliphatic rings. The predicted octanol–water partition coefficient (Wildman–Crippen LogP) is 17.5. The Balaban J connectivity index is 0.873. The number of fused-ring (bicyclic) bond motifs is 16. The van der Waals surface area contributed by atoms with E-state index in [1.54, 1.807) is 53.2 Å². The monoisotopic (exact) mass is 1820 g/mol. The Hall–Kier alpha value is -14.7. The summed E-state index contributed by atoms with van der Waals surface area (Å²) in [5.41, 5.74) is 20.9. The molecule has 12 heterocycles. The number of benzene rings is 4. The van der Waals surface area contributed by atoms with Crippen LogP contribution in [0.15, 0.2) is 195 Å². The predicted molar refractivity (Wildman–Crippen MR) is 530 cm³/mol. The maximum Gasteiger partial charge on any atom is 0.120 e. The van der Waals surface area contributed by atoms with Crippen LogP contribution in [0.3, 0.4) is 0 Å². The quantitative estimate of drug-likeness (QED) is 0.0204. The smallest absolute Gasteiger partial charge is 0.120 e. The van der Waals surface area contributed by atoms with Crippen molar-refractivity contribution in [1.82, 2.24) is 49.8 Å². The highest BCUT2D eigenvalue weighted by atomic mass is 16.6. The standard InChI is InChI=1S/C110H104N10O16/c1-121-49-53-125-57-61-129-65-69-133-83-15-7-11-79(73-83)107-99-33-25-91(113-99)87(92-26-34-100(114-92)108(80-12-8-16-84(74-80)134-70-66-130-62-58-126-54-50-122-2)104-38-30-96(118-104)89(95-29-37-103(107)117-95)23-21-77-41-45-111-46-42-77)19-5-6-20-88-93-27-35-101(115-93)109(81-13-9-17-85(75-81)135-71-67-131-63-59-127-55-51-123-3)105-39-31-97(119-105)90(24-22-78-43-47-112-48-44-78)98-32-40-106(120-98)110(102-36-28-94(88)116-102)82-14-10-18-86(76-82)136-72-68-132-64-60-128-56-52-124-4/h7-18,25-48,73-76,113,115,118,120H,49-72H2,1-4H3. The molecule has 4 N–H and O–H groups in total. The van der Waals surface area contributed by atoms with E-state index in [9.17, 15) is 0 Å². The SMILES string of the molecule is COCCOCCOCCOc1cccc(-c2c3nc(c(C#Cc4ccncc4)c4ccc([nH]4)c(-c4cccc(OCCOCCOCCOC)c4)c4nc(c(C#CC#Cc5c6nc(c(-c7cccc(OCCOCCOCCOC)c7)c7ccc([nH]7)c(C#Cc7ccncc7)c7nc(c(-c8cccc(OCCOCCOCCOC)c8)c8ccc5[nH]8)C=C7)C=C6)c5ccc2[nH]5)C=C4)C=C3)c1. The van der Waals surface area contributed by atoms with Gasteiger partial charge in [0.15, 0.2) is 0 Å². The molecule has 690 valence electrons. The van der Waals surface area contributed by atoms with Gasteiger partial charge in [-0.15, -0.1) is 0 Å². The lowest BCUT2D eigenvalue weighted by Gasteiger charge is -2.10. The first-order valence-corrected chi connectivity index (χ1v) is 45.0. The van der Waals surface area contributed by atoms with E-state index in [0.717, 1.165) is 88.7 Å². The van der Waals surface area contributed by atoms with Crippen molar-refractivity contribution in [1.29, 1.82) is 0 Å². The molecular formula is C110H104N10O16. The van der Waals surface area contributed by atoms with E-state index in [-0.39, 0.29) is 0 Å². The maximum atomic E-state index is 6.42. The lowest BCUT2D eigenvalue weighted by atomic mass is 10.0. The van der Waals surface area contributed by atoms with Crippen LogP contribution in [0, 0.1) is 47.4 Å². The Morgan fingerprint density at radius 1 is 0.221 bits per heavy atom.